The molecule has 0 amide bonds. The van der Waals surface area contributed by atoms with Crippen LogP contribution in [0.3, 0.4) is 0 Å². The molecule has 246 valence electrons. The summed E-state index contributed by atoms with van der Waals surface area (Å²) in [6.07, 6.45) is 3.66. The summed E-state index contributed by atoms with van der Waals surface area (Å²) < 4.78 is 6.40. The molecular weight excluding hydrogens is 595 g/mol. The van der Waals surface area contributed by atoms with Gasteiger partial charge in [0.2, 0.25) is 0 Å². The summed E-state index contributed by atoms with van der Waals surface area (Å²) in [5.41, 5.74) is 15.2. The Hall–Kier alpha value is -4.82. The van der Waals surface area contributed by atoms with E-state index in [0.29, 0.717) is 5.92 Å². The third kappa shape index (κ3) is 5.24. The summed E-state index contributed by atoms with van der Waals surface area (Å²) in [5.74, 6) is 0.477. The largest absolute Gasteiger partial charge is 0.456 e. The Kier molecular flexibility index (Phi) is 7.13. The van der Waals surface area contributed by atoms with Crippen LogP contribution in [0.5, 0.6) is 0 Å². The lowest BCUT2D eigenvalue weighted by atomic mass is 9.61. The van der Waals surface area contributed by atoms with Gasteiger partial charge in [-0.3, -0.25) is 0 Å². The molecule has 8 rings (SSSR count). The second kappa shape index (κ2) is 11.1. The van der Waals surface area contributed by atoms with E-state index in [9.17, 15) is 0 Å². The summed E-state index contributed by atoms with van der Waals surface area (Å²) in [7, 11) is 0. The first-order valence-electron chi connectivity index (χ1n) is 17.8. The molecule has 2 nitrogen and oxygen atoms in total. The lowest BCUT2D eigenvalue weighted by Crippen LogP contribution is -2.34. The fourth-order valence-corrected chi connectivity index (χ4v) is 8.38. The molecule has 49 heavy (non-hydrogen) atoms. The van der Waals surface area contributed by atoms with E-state index in [1.807, 2.05) is 6.07 Å². The summed E-state index contributed by atoms with van der Waals surface area (Å²) in [6, 6.07) is 41.7. The second-order valence-electron chi connectivity index (χ2n) is 16.8. The van der Waals surface area contributed by atoms with Crippen LogP contribution in [0.1, 0.15) is 72.9 Å². The van der Waals surface area contributed by atoms with Gasteiger partial charge in [-0.15, -0.1) is 0 Å². The van der Waals surface area contributed by atoms with Gasteiger partial charge in [0.1, 0.15) is 11.2 Å². The Bertz CT molecular complexity index is 2280. The fourth-order valence-electron chi connectivity index (χ4n) is 8.38. The quantitative estimate of drug-likeness (QED) is 0.190. The molecule has 1 unspecified atom stereocenters. The summed E-state index contributed by atoms with van der Waals surface area (Å²) >= 11 is 0. The van der Waals surface area contributed by atoms with Crippen molar-refractivity contribution in [1.82, 2.24) is 0 Å². The molecule has 2 heteroatoms. The van der Waals surface area contributed by atoms with E-state index in [1.54, 1.807) is 11.1 Å². The first-order chi connectivity index (χ1) is 23.3. The highest BCUT2D eigenvalue weighted by Gasteiger charge is 2.47. The highest BCUT2D eigenvalue weighted by molar-refractivity contribution is 6.06. The Morgan fingerprint density at radius 2 is 1.24 bits per heavy atom. The smallest absolute Gasteiger partial charge is 0.137 e. The van der Waals surface area contributed by atoms with Crippen molar-refractivity contribution in [1.29, 1.82) is 0 Å². The number of allylic oxidation sites excluding steroid dienone is 4. The lowest BCUT2D eigenvalue weighted by Gasteiger charge is -2.43. The van der Waals surface area contributed by atoms with Crippen LogP contribution in [-0.4, -0.2) is 0 Å². The Balaban J connectivity index is 1.29. The fraction of sp³-hybridized carbons (Fsp3) is 0.277. The summed E-state index contributed by atoms with van der Waals surface area (Å²) in [6.45, 7) is 19.3. The minimum Gasteiger partial charge on any atom is -0.456 e. The molecule has 0 saturated carbocycles. The third-order valence-electron chi connectivity index (χ3n) is 11.1. The van der Waals surface area contributed by atoms with E-state index in [4.69, 9.17) is 4.42 Å². The van der Waals surface area contributed by atoms with Crippen molar-refractivity contribution in [2.24, 2.45) is 16.7 Å². The van der Waals surface area contributed by atoms with Gasteiger partial charge in [0, 0.05) is 39.3 Å². The maximum atomic E-state index is 6.40. The zero-order valence-electron chi connectivity index (χ0n) is 30.2. The van der Waals surface area contributed by atoms with Crippen molar-refractivity contribution in [2.75, 3.05) is 4.90 Å². The van der Waals surface area contributed by atoms with Crippen molar-refractivity contribution in [3.05, 3.63) is 144 Å². The Morgan fingerprint density at radius 3 is 1.96 bits per heavy atom. The molecular formula is C47H47NO. The van der Waals surface area contributed by atoms with Gasteiger partial charge in [-0.25, -0.2) is 0 Å². The number of fused-ring (bicyclic) bond motifs is 5. The number of furan rings is 1. The van der Waals surface area contributed by atoms with Gasteiger partial charge in [0.15, 0.2) is 0 Å². The number of hydrogen-bond acceptors (Lipinski definition) is 2. The van der Waals surface area contributed by atoms with Crippen molar-refractivity contribution < 1.29 is 4.42 Å². The van der Waals surface area contributed by atoms with Gasteiger partial charge in [-0.05, 0) is 99.0 Å². The van der Waals surface area contributed by atoms with E-state index in [-0.39, 0.29) is 16.2 Å². The molecule has 0 radical (unpaired) electrons. The van der Waals surface area contributed by atoms with E-state index in [2.05, 4.69) is 176 Å². The van der Waals surface area contributed by atoms with Gasteiger partial charge in [-0.2, -0.15) is 0 Å². The Morgan fingerprint density at radius 1 is 0.633 bits per heavy atom. The molecule has 0 spiro atoms. The maximum absolute atomic E-state index is 6.40. The van der Waals surface area contributed by atoms with Gasteiger partial charge in [-0.1, -0.05) is 134 Å². The van der Waals surface area contributed by atoms with Crippen LogP contribution in [0.25, 0.3) is 38.6 Å². The van der Waals surface area contributed by atoms with Crippen LogP contribution in [0.15, 0.2) is 137 Å². The molecule has 0 aliphatic heterocycles. The first-order valence-corrected chi connectivity index (χ1v) is 17.8. The van der Waals surface area contributed by atoms with Crippen molar-refractivity contribution in [3.63, 3.8) is 0 Å². The van der Waals surface area contributed by atoms with Crippen LogP contribution in [0.4, 0.5) is 17.1 Å². The van der Waals surface area contributed by atoms with Gasteiger partial charge in [0.25, 0.3) is 0 Å². The monoisotopic (exact) mass is 641 g/mol. The zero-order valence-corrected chi connectivity index (χ0v) is 30.2. The number of rotatable bonds is 4. The molecule has 1 aromatic heterocycles. The van der Waals surface area contributed by atoms with Crippen LogP contribution in [-0.2, 0) is 5.41 Å². The molecule has 2 aliphatic carbocycles. The third-order valence-corrected chi connectivity index (χ3v) is 11.1. The zero-order chi connectivity index (χ0) is 34.3. The van der Waals surface area contributed by atoms with E-state index in [1.165, 1.54) is 27.8 Å². The minimum absolute atomic E-state index is 0.0932. The number of nitrogens with zero attached hydrogens (tertiary/aromatic N) is 1. The summed E-state index contributed by atoms with van der Waals surface area (Å²) in [5, 5.41) is 2.29. The standard InChI is InChI=1S/C47H47NO/c1-45(2,3)32-26-39-36-24-22-34(28-40(36)47(7,8)44(39)41(27-32)46(4,5)6)48(33-20-18-31(19-21-33)30-14-10-9-11-15-30)35-23-25-38-37-16-12-13-17-42(37)49-43(38)29-35/h9-26,28-29,41H,27H2,1-8H3. The molecule has 0 fully saturated rings. The molecule has 2 aliphatic rings. The van der Waals surface area contributed by atoms with Crippen LogP contribution in [0.2, 0.25) is 0 Å². The topological polar surface area (TPSA) is 16.4 Å². The number of anilines is 3. The van der Waals surface area contributed by atoms with E-state index < -0.39 is 0 Å². The first kappa shape index (κ1) is 31.4. The minimum atomic E-state index is -0.0932. The molecule has 0 saturated heterocycles. The van der Waals surface area contributed by atoms with E-state index >= 15 is 0 Å². The predicted molar refractivity (Wildman–Crippen MR) is 209 cm³/mol. The maximum Gasteiger partial charge on any atom is 0.137 e. The van der Waals surface area contributed by atoms with Gasteiger partial charge < -0.3 is 9.32 Å². The average molecular weight is 642 g/mol. The highest BCUT2D eigenvalue weighted by Crippen LogP contribution is 2.59. The highest BCUT2D eigenvalue weighted by atomic mass is 16.3. The number of hydrogen-bond donors (Lipinski definition) is 0. The number of benzene rings is 5. The van der Waals surface area contributed by atoms with Gasteiger partial charge >= 0.3 is 0 Å². The van der Waals surface area contributed by atoms with Crippen molar-refractivity contribution in [3.8, 4) is 11.1 Å². The molecule has 6 aromatic rings. The molecule has 1 heterocycles. The Labute approximate surface area is 291 Å². The van der Waals surface area contributed by atoms with Crippen LogP contribution in [0, 0.1) is 16.7 Å². The normalized spacial score (nSPS) is 17.3. The van der Waals surface area contributed by atoms with Crippen molar-refractivity contribution in [2.45, 2.75) is 67.2 Å². The molecule has 1 atom stereocenters. The van der Waals surface area contributed by atoms with E-state index in [0.717, 1.165) is 45.4 Å². The average Bonchev–Trinajstić information content (AvgIpc) is 3.56. The summed E-state index contributed by atoms with van der Waals surface area (Å²) in [4.78, 5) is 2.40. The van der Waals surface area contributed by atoms with Crippen LogP contribution >= 0.6 is 0 Å². The predicted octanol–water partition coefficient (Wildman–Crippen LogP) is 13.8. The number of para-hydroxylation sites is 1. The molecule has 5 aromatic carbocycles. The van der Waals surface area contributed by atoms with Gasteiger partial charge in [0.05, 0.1) is 0 Å². The molecule has 0 bridgehead atoms. The second-order valence-corrected chi connectivity index (χ2v) is 16.8. The SMILES string of the molecule is CC(C)(C)C1=CC2=C(C(C(C)(C)C)C1)C(C)(C)c1cc(N(c3ccc(-c4ccccc4)cc3)c3ccc4c(c3)oc3ccccc34)ccc12. The van der Waals surface area contributed by atoms with Crippen LogP contribution < -0.4 is 4.90 Å². The lowest BCUT2D eigenvalue weighted by molar-refractivity contribution is 0.245. The van der Waals surface area contributed by atoms with Crippen molar-refractivity contribution >= 4 is 44.6 Å². The molecule has 0 N–H and O–H groups in total.